The van der Waals surface area contributed by atoms with E-state index in [1.54, 1.807) is 0 Å². The van der Waals surface area contributed by atoms with E-state index in [1.165, 1.54) is 12.8 Å². The molecule has 2 rings (SSSR count). The molecule has 2 N–H and O–H groups in total. The monoisotopic (exact) mass is 369 g/mol. The van der Waals surface area contributed by atoms with Crippen LogP contribution in [0.3, 0.4) is 0 Å². The van der Waals surface area contributed by atoms with Gasteiger partial charge in [0.1, 0.15) is 0 Å². The number of ether oxygens (including phenoxy) is 1. The molecule has 0 unspecified atom stereocenters. The van der Waals surface area contributed by atoms with Gasteiger partial charge in [-0.25, -0.2) is 0 Å². The van der Waals surface area contributed by atoms with Crippen molar-refractivity contribution in [2.24, 2.45) is 5.92 Å². The Balaban J connectivity index is 0.00000242. The Labute approximate surface area is 153 Å². The minimum atomic E-state index is 0. The number of rotatable bonds is 6. The lowest BCUT2D eigenvalue weighted by Crippen LogP contribution is -2.55. The second kappa shape index (κ2) is 11.5. The summed E-state index contributed by atoms with van der Waals surface area (Å²) in [5, 5.41) is 6.49. The molecule has 2 fully saturated rings. The summed E-state index contributed by atoms with van der Waals surface area (Å²) < 4.78 is 5.39. The predicted octanol–water partition coefficient (Wildman–Crippen LogP) is 1.84. The lowest BCUT2D eigenvalue weighted by Gasteiger charge is -2.40. The molecule has 0 aliphatic carbocycles. The van der Waals surface area contributed by atoms with Gasteiger partial charge in [-0.1, -0.05) is 0 Å². The SMILES string of the molecule is CC(C)(CNC(=O)CCC1CCNCC1)N1CCOCC1.Cl.Cl. The summed E-state index contributed by atoms with van der Waals surface area (Å²) in [6, 6.07) is 0. The minimum absolute atomic E-state index is 0. The van der Waals surface area contributed by atoms with Gasteiger partial charge < -0.3 is 15.4 Å². The minimum Gasteiger partial charge on any atom is -0.379 e. The van der Waals surface area contributed by atoms with E-state index in [-0.39, 0.29) is 36.3 Å². The fraction of sp³-hybridized carbons (Fsp3) is 0.938. The van der Waals surface area contributed by atoms with Crippen LogP contribution in [0.2, 0.25) is 0 Å². The van der Waals surface area contributed by atoms with E-state index >= 15 is 0 Å². The molecule has 0 aromatic carbocycles. The second-order valence-electron chi connectivity index (χ2n) is 6.92. The number of amides is 1. The maximum absolute atomic E-state index is 12.0. The van der Waals surface area contributed by atoms with Gasteiger partial charge in [-0.05, 0) is 52.1 Å². The predicted molar refractivity (Wildman–Crippen MR) is 98.8 cm³/mol. The van der Waals surface area contributed by atoms with Crippen LogP contribution < -0.4 is 10.6 Å². The van der Waals surface area contributed by atoms with Crippen molar-refractivity contribution in [3.05, 3.63) is 0 Å². The number of piperidine rings is 1. The molecule has 1 amide bonds. The van der Waals surface area contributed by atoms with E-state index in [0.717, 1.165) is 58.3 Å². The molecule has 2 aliphatic heterocycles. The quantitative estimate of drug-likeness (QED) is 0.749. The summed E-state index contributed by atoms with van der Waals surface area (Å²) >= 11 is 0. The molecule has 138 valence electrons. The molecule has 0 saturated carbocycles. The van der Waals surface area contributed by atoms with Crippen molar-refractivity contribution < 1.29 is 9.53 Å². The van der Waals surface area contributed by atoms with Gasteiger partial charge in [0, 0.05) is 31.6 Å². The van der Waals surface area contributed by atoms with Crippen LogP contribution in [0.25, 0.3) is 0 Å². The number of halogens is 2. The molecule has 0 radical (unpaired) electrons. The normalized spacial score (nSPS) is 20.3. The van der Waals surface area contributed by atoms with Crippen LogP contribution in [-0.2, 0) is 9.53 Å². The molecule has 2 aliphatic rings. The van der Waals surface area contributed by atoms with Crippen molar-refractivity contribution in [1.29, 1.82) is 0 Å². The summed E-state index contributed by atoms with van der Waals surface area (Å²) in [4.78, 5) is 14.5. The summed E-state index contributed by atoms with van der Waals surface area (Å²) in [5.41, 5.74) is 0.00813. The molecule has 5 nitrogen and oxygen atoms in total. The van der Waals surface area contributed by atoms with Crippen molar-refractivity contribution in [3.63, 3.8) is 0 Å². The average molecular weight is 370 g/mol. The van der Waals surface area contributed by atoms with Crippen LogP contribution in [0.15, 0.2) is 0 Å². The Morgan fingerprint density at radius 2 is 1.83 bits per heavy atom. The second-order valence-corrected chi connectivity index (χ2v) is 6.92. The maximum Gasteiger partial charge on any atom is 0.220 e. The fourth-order valence-corrected chi connectivity index (χ4v) is 3.19. The molecule has 0 spiro atoms. The highest BCUT2D eigenvalue weighted by Gasteiger charge is 2.28. The average Bonchev–Trinajstić information content (AvgIpc) is 2.53. The molecule has 7 heteroatoms. The number of hydrogen-bond acceptors (Lipinski definition) is 4. The van der Waals surface area contributed by atoms with Gasteiger partial charge in [0.15, 0.2) is 0 Å². The number of hydrogen-bond donors (Lipinski definition) is 2. The zero-order valence-corrected chi connectivity index (χ0v) is 16.1. The first kappa shape index (κ1) is 22.9. The third-order valence-corrected chi connectivity index (χ3v) is 4.82. The van der Waals surface area contributed by atoms with Gasteiger partial charge >= 0.3 is 0 Å². The largest absolute Gasteiger partial charge is 0.379 e. The number of carbonyl (C=O) groups excluding carboxylic acids is 1. The summed E-state index contributed by atoms with van der Waals surface area (Å²) in [6.07, 6.45) is 4.13. The van der Waals surface area contributed by atoms with Crippen molar-refractivity contribution in [3.8, 4) is 0 Å². The zero-order chi connectivity index (χ0) is 15.1. The van der Waals surface area contributed by atoms with Crippen LogP contribution in [0.1, 0.15) is 39.5 Å². The van der Waals surface area contributed by atoms with Gasteiger partial charge in [0.25, 0.3) is 0 Å². The number of carbonyl (C=O) groups is 1. The molecule has 0 bridgehead atoms. The summed E-state index contributed by atoms with van der Waals surface area (Å²) in [6.45, 7) is 10.8. The van der Waals surface area contributed by atoms with Crippen molar-refractivity contribution >= 4 is 30.7 Å². The maximum atomic E-state index is 12.0. The first-order valence-corrected chi connectivity index (χ1v) is 8.38. The van der Waals surface area contributed by atoms with Gasteiger partial charge in [0.05, 0.1) is 13.2 Å². The first-order valence-electron chi connectivity index (χ1n) is 8.38. The number of morpholine rings is 1. The van der Waals surface area contributed by atoms with Crippen molar-refractivity contribution in [1.82, 2.24) is 15.5 Å². The van der Waals surface area contributed by atoms with Gasteiger partial charge in [-0.2, -0.15) is 0 Å². The van der Waals surface area contributed by atoms with Crippen molar-refractivity contribution in [2.45, 2.75) is 45.1 Å². The lowest BCUT2D eigenvalue weighted by atomic mass is 9.93. The van der Waals surface area contributed by atoms with Crippen LogP contribution in [-0.4, -0.2) is 62.3 Å². The summed E-state index contributed by atoms with van der Waals surface area (Å²) in [7, 11) is 0. The highest BCUT2D eigenvalue weighted by molar-refractivity contribution is 5.85. The molecule has 0 atom stereocenters. The van der Waals surface area contributed by atoms with E-state index in [1.807, 2.05) is 0 Å². The van der Waals surface area contributed by atoms with Gasteiger partial charge in [-0.15, -0.1) is 24.8 Å². The Hall–Kier alpha value is -0.0700. The molecule has 2 saturated heterocycles. The Bertz CT molecular complexity index is 331. The lowest BCUT2D eigenvalue weighted by molar-refractivity contribution is -0.122. The Morgan fingerprint density at radius 1 is 1.22 bits per heavy atom. The van der Waals surface area contributed by atoms with E-state index < -0.39 is 0 Å². The van der Waals surface area contributed by atoms with Crippen LogP contribution in [0.5, 0.6) is 0 Å². The Kier molecular flexibility index (Phi) is 11.4. The third-order valence-electron chi connectivity index (χ3n) is 4.82. The fourth-order valence-electron chi connectivity index (χ4n) is 3.19. The van der Waals surface area contributed by atoms with Crippen LogP contribution in [0.4, 0.5) is 0 Å². The number of nitrogens with zero attached hydrogens (tertiary/aromatic N) is 1. The van der Waals surface area contributed by atoms with Gasteiger partial charge in [-0.3, -0.25) is 9.69 Å². The van der Waals surface area contributed by atoms with Crippen molar-refractivity contribution in [2.75, 3.05) is 45.9 Å². The smallest absolute Gasteiger partial charge is 0.220 e. The Morgan fingerprint density at radius 3 is 2.43 bits per heavy atom. The first-order chi connectivity index (χ1) is 10.1. The van der Waals surface area contributed by atoms with Crippen LogP contribution in [0, 0.1) is 5.92 Å². The molecule has 2 heterocycles. The molecule has 0 aromatic rings. The standard InChI is InChI=1S/C16H31N3O2.2ClH/c1-16(2,19-9-11-21-12-10-19)13-18-15(20)4-3-14-5-7-17-8-6-14;;/h14,17H,3-13H2,1-2H3,(H,18,20);2*1H. The topological polar surface area (TPSA) is 53.6 Å². The van der Waals surface area contributed by atoms with E-state index in [2.05, 4.69) is 29.4 Å². The molecule has 23 heavy (non-hydrogen) atoms. The highest BCUT2D eigenvalue weighted by atomic mass is 35.5. The van der Waals surface area contributed by atoms with E-state index in [9.17, 15) is 4.79 Å². The highest BCUT2D eigenvalue weighted by Crippen LogP contribution is 2.18. The number of nitrogens with one attached hydrogen (secondary N) is 2. The molecular formula is C16H33Cl2N3O2. The summed E-state index contributed by atoms with van der Waals surface area (Å²) in [5.74, 6) is 0.930. The van der Waals surface area contributed by atoms with Crippen LogP contribution >= 0.6 is 24.8 Å². The zero-order valence-electron chi connectivity index (χ0n) is 14.4. The molecular weight excluding hydrogens is 337 g/mol. The van der Waals surface area contributed by atoms with E-state index in [4.69, 9.17) is 4.74 Å². The van der Waals surface area contributed by atoms with Gasteiger partial charge in [0.2, 0.25) is 5.91 Å². The third kappa shape index (κ3) is 8.03. The van der Waals surface area contributed by atoms with E-state index in [0.29, 0.717) is 6.42 Å². The molecule has 0 aromatic heterocycles.